The van der Waals surface area contributed by atoms with E-state index in [1.165, 1.54) is 5.56 Å². The number of hydrogen-bond acceptors (Lipinski definition) is 2. The summed E-state index contributed by atoms with van der Waals surface area (Å²) in [7, 11) is 0. The molecule has 1 aromatic rings. The van der Waals surface area contributed by atoms with E-state index in [-0.39, 0.29) is 11.7 Å². The molecule has 0 radical (unpaired) electrons. The van der Waals surface area contributed by atoms with Gasteiger partial charge in [0, 0.05) is 12.0 Å². The highest BCUT2D eigenvalue weighted by Crippen LogP contribution is 2.23. The van der Waals surface area contributed by atoms with Gasteiger partial charge in [-0.2, -0.15) is 5.26 Å². The van der Waals surface area contributed by atoms with Crippen LogP contribution in [0.3, 0.4) is 0 Å². The SMILES string of the molecule is Cc1cc(CCNC2CCC(C#N)CC2)ccc1F. The third-order valence-corrected chi connectivity index (χ3v) is 3.98. The Morgan fingerprint density at radius 2 is 2.05 bits per heavy atom. The second-order valence-electron chi connectivity index (χ2n) is 5.47. The van der Waals surface area contributed by atoms with Crippen molar-refractivity contribution in [2.75, 3.05) is 6.54 Å². The first kappa shape index (κ1) is 14.0. The highest BCUT2D eigenvalue weighted by molar-refractivity contribution is 5.24. The van der Waals surface area contributed by atoms with E-state index in [1.807, 2.05) is 12.1 Å². The van der Waals surface area contributed by atoms with Crippen LogP contribution in [-0.2, 0) is 6.42 Å². The predicted molar refractivity (Wildman–Crippen MR) is 74.2 cm³/mol. The van der Waals surface area contributed by atoms with E-state index in [4.69, 9.17) is 5.26 Å². The van der Waals surface area contributed by atoms with Crippen molar-refractivity contribution in [3.63, 3.8) is 0 Å². The summed E-state index contributed by atoms with van der Waals surface area (Å²) in [6.07, 6.45) is 5.16. The summed E-state index contributed by atoms with van der Waals surface area (Å²) in [5, 5.41) is 12.4. The van der Waals surface area contributed by atoms with Crippen LogP contribution >= 0.6 is 0 Å². The minimum atomic E-state index is -0.133. The third-order valence-electron chi connectivity index (χ3n) is 3.98. The highest BCUT2D eigenvalue weighted by Gasteiger charge is 2.19. The van der Waals surface area contributed by atoms with Crippen LogP contribution in [0.2, 0.25) is 0 Å². The molecular formula is C16H21FN2. The van der Waals surface area contributed by atoms with E-state index >= 15 is 0 Å². The molecule has 0 atom stereocenters. The van der Waals surface area contributed by atoms with Gasteiger partial charge in [-0.25, -0.2) is 4.39 Å². The van der Waals surface area contributed by atoms with E-state index in [1.54, 1.807) is 13.0 Å². The number of nitrogens with one attached hydrogen (secondary N) is 1. The molecule has 3 heteroatoms. The van der Waals surface area contributed by atoms with E-state index in [0.717, 1.165) is 38.6 Å². The van der Waals surface area contributed by atoms with Gasteiger partial charge in [0.1, 0.15) is 5.82 Å². The first-order valence-electron chi connectivity index (χ1n) is 7.07. The Bertz CT molecular complexity index is 456. The Kier molecular flexibility index (Phi) is 4.93. The highest BCUT2D eigenvalue weighted by atomic mass is 19.1. The molecular weight excluding hydrogens is 239 g/mol. The van der Waals surface area contributed by atoms with Crippen molar-refractivity contribution in [3.05, 3.63) is 35.1 Å². The average molecular weight is 260 g/mol. The van der Waals surface area contributed by atoms with Gasteiger partial charge in [-0.1, -0.05) is 12.1 Å². The summed E-state index contributed by atoms with van der Waals surface area (Å²) in [4.78, 5) is 0. The minimum absolute atomic E-state index is 0.133. The molecule has 0 saturated heterocycles. The summed E-state index contributed by atoms with van der Waals surface area (Å²) in [5.74, 6) is 0.129. The molecule has 0 amide bonds. The lowest BCUT2D eigenvalue weighted by atomic mass is 9.87. The summed E-state index contributed by atoms with van der Waals surface area (Å²) in [6, 6.07) is 8.22. The number of aryl methyl sites for hydroxylation is 1. The van der Waals surface area contributed by atoms with Crippen LogP contribution in [-0.4, -0.2) is 12.6 Å². The molecule has 1 fully saturated rings. The number of hydrogen-bond donors (Lipinski definition) is 1. The molecule has 0 bridgehead atoms. The van der Waals surface area contributed by atoms with Crippen LogP contribution in [0.5, 0.6) is 0 Å². The Morgan fingerprint density at radius 3 is 2.68 bits per heavy atom. The van der Waals surface area contributed by atoms with Crippen LogP contribution in [0.1, 0.15) is 36.8 Å². The maximum Gasteiger partial charge on any atom is 0.126 e. The summed E-state index contributed by atoms with van der Waals surface area (Å²) >= 11 is 0. The monoisotopic (exact) mass is 260 g/mol. The van der Waals surface area contributed by atoms with Gasteiger partial charge in [-0.3, -0.25) is 0 Å². The Labute approximate surface area is 114 Å². The maximum atomic E-state index is 13.1. The molecule has 1 N–H and O–H groups in total. The second-order valence-corrected chi connectivity index (χ2v) is 5.47. The van der Waals surface area contributed by atoms with Crippen molar-refractivity contribution < 1.29 is 4.39 Å². The minimum Gasteiger partial charge on any atom is -0.314 e. The van der Waals surface area contributed by atoms with E-state index < -0.39 is 0 Å². The second kappa shape index (κ2) is 6.68. The van der Waals surface area contributed by atoms with Crippen LogP contribution in [0.25, 0.3) is 0 Å². The average Bonchev–Trinajstić information content (AvgIpc) is 2.43. The smallest absolute Gasteiger partial charge is 0.126 e. The molecule has 1 aliphatic carbocycles. The van der Waals surface area contributed by atoms with Gasteiger partial charge in [0.05, 0.1) is 6.07 Å². The molecule has 2 nitrogen and oxygen atoms in total. The number of nitrogens with zero attached hydrogens (tertiary/aromatic N) is 1. The van der Waals surface area contributed by atoms with E-state index in [0.29, 0.717) is 11.6 Å². The van der Waals surface area contributed by atoms with Gasteiger partial charge in [-0.15, -0.1) is 0 Å². The molecule has 0 unspecified atom stereocenters. The molecule has 0 aliphatic heterocycles. The van der Waals surface area contributed by atoms with Gasteiger partial charge < -0.3 is 5.32 Å². The Morgan fingerprint density at radius 1 is 1.32 bits per heavy atom. The normalized spacial score (nSPS) is 23.0. The van der Waals surface area contributed by atoms with Crippen molar-refractivity contribution >= 4 is 0 Å². The zero-order chi connectivity index (χ0) is 13.7. The molecule has 0 heterocycles. The zero-order valence-corrected chi connectivity index (χ0v) is 11.5. The van der Waals surface area contributed by atoms with Gasteiger partial charge in [-0.05, 0) is 62.8 Å². The zero-order valence-electron chi connectivity index (χ0n) is 11.5. The molecule has 1 aliphatic rings. The van der Waals surface area contributed by atoms with Crippen molar-refractivity contribution in [1.29, 1.82) is 5.26 Å². The van der Waals surface area contributed by atoms with E-state index in [2.05, 4.69) is 11.4 Å². The fourth-order valence-electron chi connectivity index (χ4n) is 2.71. The topological polar surface area (TPSA) is 35.8 Å². The fourth-order valence-corrected chi connectivity index (χ4v) is 2.71. The van der Waals surface area contributed by atoms with Crippen molar-refractivity contribution in [2.45, 2.75) is 45.1 Å². The number of benzene rings is 1. The lowest BCUT2D eigenvalue weighted by Crippen LogP contribution is -2.34. The van der Waals surface area contributed by atoms with Gasteiger partial charge in [0.2, 0.25) is 0 Å². The summed E-state index contributed by atoms with van der Waals surface area (Å²) < 4.78 is 13.1. The van der Waals surface area contributed by atoms with Crippen LogP contribution in [0.4, 0.5) is 4.39 Å². The lowest BCUT2D eigenvalue weighted by Gasteiger charge is -2.25. The quantitative estimate of drug-likeness (QED) is 0.901. The van der Waals surface area contributed by atoms with Gasteiger partial charge >= 0.3 is 0 Å². The summed E-state index contributed by atoms with van der Waals surface area (Å²) in [6.45, 7) is 2.72. The third kappa shape index (κ3) is 4.04. The summed E-state index contributed by atoms with van der Waals surface area (Å²) in [5.41, 5.74) is 1.89. The predicted octanol–water partition coefficient (Wildman–Crippen LogP) is 3.35. The van der Waals surface area contributed by atoms with Crippen molar-refractivity contribution in [2.24, 2.45) is 5.92 Å². The molecule has 0 spiro atoms. The van der Waals surface area contributed by atoms with Crippen LogP contribution < -0.4 is 5.32 Å². The van der Waals surface area contributed by atoms with E-state index in [9.17, 15) is 4.39 Å². The Hall–Kier alpha value is -1.40. The Balaban J connectivity index is 1.72. The van der Waals surface area contributed by atoms with Crippen molar-refractivity contribution in [3.8, 4) is 6.07 Å². The first-order valence-corrected chi connectivity index (χ1v) is 7.07. The number of halogens is 1. The number of rotatable bonds is 4. The molecule has 1 aromatic carbocycles. The van der Waals surface area contributed by atoms with Crippen LogP contribution in [0.15, 0.2) is 18.2 Å². The van der Waals surface area contributed by atoms with Gasteiger partial charge in [0.25, 0.3) is 0 Å². The van der Waals surface area contributed by atoms with Gasteiger partial charge in [0.15, 0.2) is 0 Å². The lowest BCUT2D eigenvalue weighted by molar-refractivity contribution is 0.334. The standard InChI is InChI=1S/C16H21FN2/c1-12-10-13(4-7-16(12)17)8-9-19-15-5-2-14(11-18)3-6-15/h4,7,10,14-15,19H,2-3,5-6,8-9H2,1H3. The van der Waals surface area contributed by atoms with Crippen LogP contribution in [0, 0.1) is 30.0 Å². The molecule has 0 aromatic heterocycles. The number of nitriles is 1. The fraction of sp³-hybridized carbons (Fsp3) is 0.562. The maximum absolute atomic E-state index is 13.1. The molecule has 102 valence electrons. The molecule has 1 saturated carbocycles. The molecule has 2 rings (SSSR count). The van der Waals surface area contributed by atoms with Crippen molar-refractivity contribution in [1.82, 2.24) is 5.32 Å². The largest absolute Gasteiger partial charge is 0.314 e. The molecule has 19 heavy (non-hydrogen) atoms. The first-order chi connectivity index (χ1) is 9.19.